The van der Waals surface area contributed by atoms with E-state index in [0.717, 1.165) is 16.3 Å². The van der Waals surface area contributed by atoms with Gasteiger partial charge in [0.2, 0.25) is 5.82 Å². The van der Waals surface area contributed by atoms with Gasteiger partial charge >= 0.3 is 0 Å². The van der Waals surface area contributed by atoms with E-state index in [4.69, 9.17) is 4.52 Å². The third-order valence-corrected chi connectivity index (χ3v) is 3.07. The Bertz CT molecular complexity index is 861. The average molecular weight is 263 g/mol. The first-order valence-corrected chi connectivity index (χ1v) is 6.09. The molecule has 0 saturated heterocycles. The number of nitrogens with zero attached hydrogens (tertiary/aromatic N) is 4. The SMILES string of the molecule is c1ccc2c(-c3nc(-c4ncn[nH]4)no3)cccc2c1. The zero-order valence-electron chi connectivity index (χ0n) is 10.3. The molecular weight excluding hydrogens is 254 g/mol. The first kappa shape index (κ1) is 10.9. The summed E-state index contributed by atoms with van der Waals surface area (Å²) in [7, 11) is 0. The van der Waals surface area contributed by atoms with E-state index in [2.05, 4.69) is 25.3 Å². The van der Waals surface area contributed by atoms with Crippen LogP contribution in [0, 0.1) is 0 Å². The van der Waals surface area contributed by atoms with E-state index in [9.17, 15) is 0 Å². The zero-order valence-corrected chi connectivity index (χ0v) is 10.3. The van der Waals surface area contributed by atoms with Crippen molar-refractivity contribution in [2.45, 2.75) is 0 Å². The Balaban J connectivity index is 1.88. The molecule has 0 atom stereocenters. The summed E-state index contributed by atoms with van der Waals surface area (Å²) in [4.78, 5) is 8.37. The molecule has 0 radical (unpaired) electrons. The Morgan fingerprint density at radius 1 is 1.00 bits per heavy atom. The van der Waals surface area contributed by atoms with Gasteiger partial charge in [-0.05, 0) is 16.8 Å². The topological polar surface area (TPSA) is 80.5 Å². The molecule has 0 amide bonds. The third-order valence-electron chi connectivity index (χ3n) is 3.07. The highest BCUT2D eigenvalue weighted by molar-refractivity contribution is 5.94. The normalized spacial score (nSPS) is 11.0. The number of H-pyrrole nitrogens is 1. The molecule has 20 heavy (non-hydrogen) atoms. The molecule has 1 N–H and O–H groups in total. The van der Waals surface area contributed by atoms with Gasteiger partial charge in [-0.3, -0.25) is 5.10 Å². The highest BCUT2D eigenvalue weighted by atomic mass is 16.5. The molecule has 0 bridgehead atoms. The molecule has 0 aliphatic rings. The second kappa shape index (κ2) is 4.27. The Morgan fingerprint density at radius 3 is 2.80 bits per heavy atom. The van der Waals surface area contributed by atoms with Crippen LogP contribution < -0.4 is 0 Å². The molecule has 0 aliphatic heterocycles. The van der Waals surface area contributed by atoms with Crippen molar-refractivity contribution >= 4 is 10.8 Å². The van der Waals surface area contributed by atoms with E-state index in [0.29, 0.717) is 17.5 Å². The van der Waals surface area contributed by atoms with E-state index in [1.807, 2.05) is 42.5 Å². The van der Waals surface area contributed by atoms with Gasteiger partial charge in [-0.2, -0.15) is 10.1 Å². The van der Waals surface area contributed by atoms with Crippen LogP contribution in [0.3, 0.4) is 0 Å². The van der Waals surface area contributed by atoms with Crippen molar-refractivity contribution in [3.8, 4) is 23.1 Å². The molecule has 0 unspecified atom stereocenters. The third kappa shape index (κ3) is 1.66. The molecule has 0 saturated carbocycles. The summed E-state index contributed by atoms with van der Waals surface area (Å²) < 4.78 is 5.33. The smallest absolute Gasteiger partial charge is 0.258 e. The highest BCUT2D eigenvalue weighted by Crippen LogP contribution is 2.28. The minimum atomic E-state index is 0.394. The lowest BCUT2D eigenvalue weighted by atomic mass is 10.0. The number of benzene rings is 2. The molecule has 0 spiro atoms. The van der Waals surface area contributed by atoms with Crippen LogP contribution in [-0.4, -0.2) is 25.3 Å². The van der Waals surface area contributed by atoms with Gasteiger partial charge in [-0.1, -0.05) is 41.6 Å². The number of nitrogens with one attached hydrogen (secondary N) is 1. The van der Waals surface area contributed by atoms with Gasteiger partial charge in [0.15, 0.2) is 5.82 Å². The average Bonchev–Trinajstić information content (AvgIpc) is 3.17. The number of aromatic amines is 1. The van der Waals surface area contributed by atoms with Crippen molar-refractivity contribution in [1.82, 2.24) is 25.3 Å². The minimum Gasteiger partial charge on any atom is -0.333 e. The molecular formula is C14H9N5O. The molecule has 0 fully saturated rings. The summed E-state index contributed by atoms with van der Waals surface area (Å²) in [6.45, 7) is 0. The van der Waals surface area contributed by atoms with Gasteiger partial charge in [0.05, 0.1) is 0 Å². The van der Waals surface area contributed by atoms with E-state index in [1.54, 1.807) is 0 Å². The van der Waals surface area contributed by atoms with E-state index in [1.165, 1.54) is 6.33 Å². The zero-order chi connectivity index (χ0) is 13.4. The first-order chi connectivity index (χ1) is 9.92. The predicted octanol–water partition coefficient (Wildman–Crippen LogP) is 2.67. The monoisotopic (exact) mass is 263 g/mol. The quantitative estimate of drug-likeness (QED) is 0.601. The first-order valence-electron chi connectivity index (χ1n) is 6.09. The number of rotatable bonds is 2. The van der Waals surface area contributed by atoms with Crippen molar-refractivity contribution in [2.24, 2.45) is 0 Å². The molecule has 6 heteroatoms. The number of fused-ring (bicyclic) bond motifs is 1. The van der Waals surface area contributed by atoms with Gasteiger partial charge in [-0.15, -0.1) is 0 Å². The number of hydrogen-bond donors (Lipinski definition) is 1. The summed E-state index contributed by atoms with van der Waals surface area (Å²) in [6.07, 6.45) is 1.41. The Kier molecular flexibility index (Phi) is 2.32. The van der Waals surface area contributed by atoms with Crippen LogP contribution in [0.5, 0.6) is 0 Å². The van der Waals surface area contributed by atoms with Crippen LogP contribution in [0.25, 0.3) is 33.9 Å². The summed E-state index contributed by atoms with van der Waals surface area (Å²) in [6, 6.07) is 14.0. The van der Waals surface area contributed by atoms with Gasteiger partial charge in [0.1, 0.15) is 6.33 Å². The van der Waals surface area contributed by atoms with Crippen LogP contribution in [0.2, 0.25) is 0 Å². The van der Waals surface area contributed by atoms with Crippen LogP contribution >= 0.6 is 0 Å². The van der Waals surface area contributed by atoms with Crippen molar-refractivity contribution < 1.29 is 4.52 Å². The van der Waals surface area contributed by atoms with Crippen molar-refractivity contribution in [3.05, 3.63) is 48.8 Å². The Hall–Kier alpha value is -3.02. The molecule has 2 aromatic heterocycles. The maximum atomic E-state index is 5.33. The van der Waals surface area contributed by atoms with Crippen molar-refractivity contribution in [1.29, 1.82) is 0 Å². The molecule has 2 aromatic carbocycles. The predicted molar refractivity (Wildman–Crippen MR) is 72.6 cm³/mol. The summed E-state index contributed by atoms with van der Waals surface area (Å²) >= 11 is 0. The number of aromatic nitrogens is 5. The maximum Gasteiger partial charge on any atom is 0.258 e. The largest absolute Gasteiger partial charge is 0.333 e. The van der Waals surface area contributed by atoms with Gasteiger partial charge in [-0.25, -0.2) is 4.98 Å². The summed E-state index contributed by atoms with van der Waals surface area (Å²) in [5, 5.41) is 12.6. The fourth-order valence-corrected chi connectivity index (χ4v) is 2.15. The van der Waals surface area contributed by atoms with E-state index >= 15 is 0 Å². The van der Waals surface area contributed by atoms with Gasteiger partial charge < -0.3 is 4.52 Å². The summed E-state index contributed by atoms with van der Waals surface area (Å²) in [5.74, 6) is 1.35. The summed E-state index contributed by atoms with van der Waals surface area (Å²) in [5.41, 5.74) is 0.904. The van der Waals surface area contributed by atoms with Crippen LogP contribution in [-0.2, 0) is 0 Å². The fourth-order valence-electron chi connectivity index (χ4n) is 2.15. The second-order valence-corrected chi connectivity index (χ2v) is 4.28. The van der Waals surface area contributed by atoms with Gasteiger partial charge in [0.25, 0.3) is 5.89 Å². The van der Waals surface area contributed by atoms with Crippen LogP contribution in [0.1, 0.15) is 0 Å². The molecule has 4 aromatic rings. The Morgan fingerprint density at radius 2 is 1.90 bits per heavy atom. The second-order valence-electron chi connectivity index (χ2n) is 4.28. The fraction of sp³-hybridized carbons (Fsp3) is 0. The minimum absolute atomic E-state index is 0.394. The van der Waals surface area contributed by atoms with E-state index in [-0.39, 0.29) is 0 Å². The lowest BCUT2D eigenvalue weighted by molar-refractivity contribution is 0.432. The molecule has 4 rings (SSSR count). The molecule has 96 valence electrons. The van der Waals surface area contributed by atoms with Crippen molar-refractivity contribution in [2.75, 3.05) is 0 Å². The van der Waals surface area contributed by atoms with Crippen LogP contribution in [0.15, 0.2) is 53.3 Å². The highest BCUT2D eigenvalue weighted by Gasteiger charge is 2.14. The molecule has 2 heterocycles. The Labute approximate surface area is 113 Å². The van der Waals surface area contributed by atoms with E-state index < -0.39 is 0 Å². The maximum absolute atomic E-state index is 5.33. The number of hydrogen-bond acceptors (Lipinski definition) is 5. The molecule has 6 nitrogen and oxygen atoms in total. The lowest BCUT2D eigenvalue weighted by Gasteiger charge is -2.01. The molecule has 0 aliphatic carbocycles. The lowest BCUT2D eigenvalue weighted by Crippen LogP contribution is -1.84. The van der Waals surface area contributed by atoms with Crippen molar-refractivity contribution in [3.63, 3.8) is 0 Å². The standard InChI is InChI=1S/C14H9N5O/c1-2-6-10-9(4-1)5-3-7-11(10)14-17-13(19-20-14)12-15-8-16-18-12/h1-8H,(H,15,16,18). The van der Waals surface area contributed by atoms with Crippen LogP contribution in [0.4, 0.5) is 0 Å². The van der Waals surface area contributed by atoms with Gasteiger partial charge in [0, 0.05) is 5.56 Å².